The molecule has 1 unspecified atom stereocenters. The highest BCUT2D eigenvalue weighted by Gasteiger charge is 2.19. The largest absolute Gasteiger partial charge is 0.481 e. The highest BCUT2D eigenvalue weighted by molar-refractivity contribution is 5.86. The van der Waals surface area contributed by atoms with Gasteiger partial charge in [0, 0.05) is 18.7 Å². The number of methoxy groups -OCH3 is 1. The number of hydrogen-bond acceptors (Lipinski definition) is 4. The lowest BCUT2D eigenvalue weighted by Gasteiger charge is -2.13. The van der Waals surface area contributed by atoms with Crippen molar-refractivity contribution in [3.63, 3.8) is 0 Å². The van der Waals surface area contributed by atoms with Crippen LogP contribution in [0.5, 0.6) is 5.88 Å². The Bertz CT molecular complexity index is 566. The number of aliphatic hydroxyl groups excluding tert-OH is 1. The van der Waals surface area contributed by atoms with Crippen LogP contribution in [0.3, 0.4) is 0 Å². The fraction of sp³-hybridized carbons (Fsp3) is 0.294. The zero-order valence-electron chi connectivity index (χ0n) is 12.0. The Morgan fingerprint density at radius 1 is 1.24 bits per heavy atom. The molecule has 0 amide bonds. The molecule has 2 rings (SSSR count). The third-order valence-corrected chi connectivity index (χ3v) is 3.44. The molecule has 0 aliphatic heterocycles. The van der Waals surface area contributed by atoms with E-state index in [4.69, 9.17) is 4.74 Å². The molecule has 110 valence electrons. The van der Waals surface area contributed by atoms with Crippen molar-refractivity contribution in [1.82, 2.24) is 4.98 Å². The van der Waals surface area contributed by atoms with Crippen molar-refractivity contribution in [3.05, 3.63) is 59.8 Å². The SMILES string of the molecule is COc1ccc(CCC(=O)C(CO)c2ccccc2)cn1. The number of nitrogens with zero attached hydrogens (tertiary/aromatic N) is 1. The zero-order valence-corrected chi connectivity index (χ0v) is 12.0. The standard InChI is InChI=1S/C17H19NO3/c1-21-17-10-8-13(11-18-17)7-9-16(20)15(12-19)14-5-3-2-4-6-14/h2-6,8,10-11,15,19H,7,9,12H2,1H3. The second-order valence-corrected chi connectivity index (χ2v) is 4.82. The first kappa shape index (κ1) is 15.2. The van der Waals surface area contributed by atoms with Crippen molar-refractivity contribution in [3.8, 4) is 5.88 Å². The number of aromatic nitrogens is 1. The van der Waals surface area contributed by atoms with Crippen LogP contribution in [0.1, 0.15) is 23.5 Å². The molecule has 1 aromatic heterocycles. The minimum atomic E-state index is -0.447. The lowest BCUT2D eigenvalue weighted by Crippen LogP contribution is -2.17. The van der Waals surface area contributed by atoms with Gasteiger partial charge in [0.25, 0.3) is 0 Å². The van der Waals surface area contributed by atoms with E-state index in [1.165, 1.54) is 0 Å². The van der Waals surface area contributed by atoms with E-state index in [2.05, 4.69) is 4.98 Å². The van der Waals surface area contributed by atoms with Crippen LogP contribution in [-0.4, -0.2) is 29.6 Å². The van der Waals surface area contributed by atoms with Crippen LogP contribution < -0.4 is 4.74 Å². The van der Waals surface area contributed by atoms with E-state index in [0.717, 1.165) is 11.1 Å². The van der Waals surface area contributed by atoms with Crippen molar-refractivity contribution >= 4 is 5.78 Å². The van der Waals surface area contributed by atoms with E-state index >= 15 is 0 Å². The maximum Gasteiger partial charge on any atom is 0.212 e. The summed E-state index contributed by atoms with van der Waals surface area (Å²) in [6.45, 7) is -0.163. The highest BCUT2D eigenvalue weighted by Crippen LogP contribution is 2.19. The van der Waals surface area contributed by atoms with Gasteiger partial charge in [-0.2, -0.15) is 0 Å². The van der Waals surface area contributed by atoms with Crippen LogP contribution in [-0.2, 0) is 11.2 Å². The van der Waals surface area contributed by atoms with Crippen molar-refractivity contribution in [2.24, 2.45) is 0 Å². The molecule has 1 atom stereocenters. The number of benzene rings is 1. The lowest BCUT2D eigenvalue weighted by atomic mass is 9.92. The molecule has 0 fully saturated rings. The molecule has 0 saturated carbocycles. The second-order valence-electron chi connectivity index (χ2n) is 4.82. The minimum Gasteiger partial charge on any atom is -0.481 e. The first-order valence-corrected chi connectivity index (χ1v) is 6.92. The Balaban J connectivity index is 1.96. The molecule has 4 nitrogen and oxygen atoms in total. The summed E-state index contributed by atoms with van der Waals surface area (Å²) in [5.41, 5.74) is 1.84. The number of hydrogen-bond donors (Lipinski definition) is 1. The summed E-state index contributed by atoms with van der Waals surface area (Å²) in [5, 5.41) is 9.47. The smallest absolute Gasteiger partial charge is 0.212 e. The Hall–Kier alpha value is -2.20. The number of rotatable bonds is 7. The number of pyridine rings is 1. The number of aryl methyl sites for hydroxylation is 1. The molecule has 1 heterocycles. The van der Waals surface area contributed by atoms with Crippen molar-refractivity contribution in [1.29, 1.82) is 0 Å². The number of Topliss-reactive ketones (excluding diaryl/α,β-unsaturated/α-hetero) is 1. The van der Waals surface area contributed by atoms with Gasteiger partial charge in [0.15, 0.2) is 0 Å². The Labute approximate surface area is 124 Å². The predicted octanol–water partition coefficient (Wildman–Crippen LogP) is 2.37. The molecule has 0 aliphatic rings. The quantitative estimate of drug-likeness (QED) is 0.848. The Morgan fingerprint density at radius 2 is 2.00 bits per heavy atom. The predicted molar refractivity (Wildman–Crippen MR) is 80.4 cm³/mol. The molecular weight excluding hydrogens is 266 g/mol. The van der Waals surface area contributed by atoms with Gasteiger partial charge in [-0.15, -0.1) is 0 Å². The number of ketones is 1. The summed E-state index contributed by atoms with van der Waals surface area (Å²) in [6, 6.07) is 13.1. The van der Waals surface area contributed by atoms with Gasteiger partial charge >= 0.3 is 0 Å². The maximum absolute atomic E-state index is 12.3. The summed E-state index contributed by atoms with van der Waals surface area (Å²) in [6.07, 6.45) is 2.70. The van der Waals surface area contributed by atoms with Crippen molar-refractivity contribution < 1.29 is 14.6 Å². The fourth-order valence-corrected chi connectivity index (χ4v) is 2.20. The van der Waals surface area contributed by atoms with E-state index in [-0.39, 0.29) is 12.4 Å². The molecular formula is C17H19NO3. The van der Waals surface area contributed by atoms with Gasteiger partial charge < -0.3 is 9.84 Å². The van der Waals surface area contributed by atoms with Crippen LogP contribution in [0.15, 0.2) is 48.7 Å². The summed E-state index contributed by atoms with van der Waals surface area (Å²) in [7, 11) is 1.57. The van der Waals surface area contributed by atoms with Crippen LogP contribution in [0.4, 0.5) is 0 Å². The van der Waals surface area contributed by atoms with E-state index in [1.807, 2.05) is 36.4 Å². The van der Waals surface area contributed by atoms with Crippen LogP contribution in [0.25, 0.3) is 0 Å². The van der Waals surface area contributed by atoms with Gasteiger partial charge in [0.1, 0.15) is 5.78 Å². The van der Waals surface area contributed by atoms with E-state index in [1.54, 1.807) is 19.4 Å². The van der Waals surface area contributed by atoms with Gasteiger partial charge in [0.05, 0.1) is 19.6 Å². The van der Waals surface area contributed by atoms with E-state index in [9.17, 15) is 9.90 Å². The van der Waals surface area contributed by atoms with E-state index in [0.29, 0.717) is 18.7 Å². The van der Waals surface area contributed by atoms with Gasteiger partial charge in [-0.05, 0) is 17.5 Å². The second kappa shape index (κ2) is 7.55. The summed E-state index contributed by atoms with van der Waals surface area (Å²) < 4.78 is 5.00. The fourth-order valence-electron chi connectivity index (χ4n) is 2.20. The molecule has 0 aliphatic carbocycles. The summed E-state index contributed by atoms with van der Waals surface area (Å²) >= 11 is 0. The van der Waals surface area contributed by atoms with Gasteiger partial charge in [-0.3, -0.25) is 4.79 Å². The van der Waals surface area contributed by atoms with Crippen LogP contribution in [0.2, 0.25) is 0 Å². The molecule has 2 aromatic rings. The molecule has 1 aromatic carbocycles. The van der Waals surface area contributed by atoms with Gasteiger partial charge in [-0.25, -0.2) is 4.98 Å². The molecule has 0 spiro atoms. The number of carbonyl (C=O) groups excluding carboxylic acids is 1. The number of carbonyl (C=O) groups is 1. The third kappa shape index (κ3) is 4.13. The average molecular weight is 285 g/mol. The van der Waals surface area contributed by atoms with E-state index < -0.39 is 5.92 Å². The van der Waals surface area contributed by atoms with Gasteiger partial charge in [0.2, 0.25) is 5.88 Å². The minimum absolute atomic E-state index is 0.0412. The zero-order chi connectivity index (χ0) is 15.1. The molecule has 1 N–H and O–H groups in total. The summed E-state index contributed by atoms with van der Waals surface area (Å²) in [4.78, 5) is 16.4. The number of ether oxygens (including phenoxy) is 1. The monoisotopic (exact) mass is 285 g/mol. The Morgan fingerprint density at radius 3 is 2.57 bits per heavy atom. The molecule has 0 saturated heterocycles. The van der Waals surface area contributed by atoms with Crippen LogP contribution in [0, 0.1) is 0 Å². The third-order valence-electron chi connectivity index (χ3n) is 3.44. The Kier molecular flexibility index (Phi) is 5.46. The number of aliphatic hydroxyl groups is 1. The molecule has 4 heteroatoms. The van der Waals surface area contributed by atoms with Crippen molar-refractivity contribution in [2.75, 3.05) is 13.7 Å². The maximum atomic E-state index is 12.3. The van der Waals surface area contributed by atoms with Crippen LogP contribution >= 0.6 is 0 Å². The molecule has 0 radical (unpaired) electrons. The average Bonchev–Trinajstić information content (AvgIpc) is 2.55. The first-order chi connectivity index (χ1) is 10.2. The molecule has 21 heavy (non-hydrogen) atoms. The van der Waals surface area contributed by atoms with Gasteiger partial charge in [-0.1, -0.05) is 36.4 Å². The normalized spacial score (nSPS) is 11.9. The summed E-state index contributed by atoms with van der Waals surface area (Å²) in [5.74, 6) is 0.152. The van der Waals surface area contributed by atoms with Crippen molar-refractivity contribution in [2.45, 2.75) is 18.8 Å². The first-order valence-electron chi connectivity index (χ1n) is 6.92. The lowest BCUT2D eigenvalue weighted by molar-refractivity contribution is -0.121. The highest BCUT2D eigenvalue weighted by atomic mass is 16.5. The topological polar surface area (TPSA) is 59.4 Å². The molecule has 0 bridgehead atoms.